The Labute approximate surface area is 136 Å². The standard InChI is InChI=1S/C17H24N2O4/c1-11-15(18-6-7-21-11)16(20)19-9-17(2,3)12-4-5-13-14(8-12)23-10-22-13/h4-5,8,11,15,18H,6-7,9-10H2,1-3H3,(H,19,20)/t11-,15+/m1/s1. The van der Waals surface area contributed by atoms with Gasteiger partial charge < -0.3 is 24.8 Å². The molecule has 0 radical (unpaired) electrons. The van der Waals surface area contributed by atoms with Crippen LogP contribution in [-0.2, 0) is 14.9 Å². The van der Waals surface area contributed by atoms with Gasteiger partial charge in [-0.05, 0) is 24.6 Å². The first-order valence-corrected chi connectivity index (χ1v) is 8.00. The highest BCUT2D eigenvalue weighted by Crippen LogP contribution is 2.36. The lowest BCUT2D eigenvalue weighted by atomic mass is 9.84. The summed E-state index contributed by atoms with van der Waals surface area (Å²) in [6.45, 7) is 8.26. The maximum absolute atomic E-state index is 12.4. The monoisotopic (exact) mass is 320 g/mol. The predicted molar refractivity (Wildman–Crippen MR) is 85.8 cm³/mol. The van der Waals surface area contributed by atoms with Gasteiger partial charge in [0, 0.05) is 18.5 Å². The lowest BCUT2D eigenvalue weighted by Crippen LogP contribution is -2.56. The number of ether oxygens (including phenoxy) is 3. The molecule has 1 aromatic rings. The predicted octanol–water partition coefficient (Wildman–Crippen LogP) is 1.19. The molecule has 1 amide bonds. The van der Waals surface area contributed by atoms with E-state index in [2.05, 4.69) is 24.5 Å². The molecule has 0 unspecified atom stereocenters. The van der Waals surface area contributed by atoms with Gasteiger partial charge >= 0.3 is 0 Å². The Morgan fingerprint density at radius 3 is 2.91 bits per heavy atom. The van der Waals surface area contributed by atoms with E-state index in [4.69, 9.17) is 14.2 Å². The highest BCUT2D eigenvalue weighted by Gasteiger charge is 2.30. The molecule has 3 rings (SSSR count). The van der Waals surface area contributed by atoms with Crippen molar-refractivity contribution >= 4 is 5.91 Å². The van der Waals surface area contributed by atoms with Gasteiger partial charge in [-0.25, -0.2) is 0 Å². The van der Waals surface area contributed by atoms with Gasteiger partial charge in [-0.2, -0.15) is 0 Å². The first kappa shape index (κ1) is 16.1. The van der Waals surface area contributed by atoms with Gasteiger partial charge in [0.15, 0.2) is 11.5 Å². The zero-order chi connectivity index (χ0) is 16.4. The summed E-state index contributed by atoms with van der Waals surface area (Å²) in [5, 5.41) is 6.24. The van der Waals surface area contributed by atoms with Crippen LogP contribution in [0, 0.1) is 0 Å². The highest BCUT2D eigenvalue weighted by atomic mass is 16.7. The Morgan fingerprint density at radius 2 is 2.13 bits per heavy atom. The van der Waals surface area contributed by atoms with Crippen molar-refractivity contribution < 1.29 is 19.0 Å². The first-order chi connectivity index (χ1) is 11.0. The summed E-state index contributed by atoms with van der Waals surface area (Å²) in [5.41, 5.74) is 0.887. The SMILES string of the molecule is C[C@H]1OCCN[C@@H]1C(=O)NCC(C)(C)c1ccc2c(c1)OCO2. The molecule has 1 fully saturated rings. The minimum Gasteiger partial charge on any atom is -0.454 e. The van der Waals surface area contributed by atoms with E-state index in [0.717, 1.165) is 17.1 Å². The van der Waals surface area contributed by atoms with E-state index in [0.29, 0.717) is 19.7 Å². The van der Waals surface area contributed by atoms with Crippen LogP contribution in [0.25, 0.3) is 0 Å². The number of morpholine rings is 1. The molecular formula is C17H24N2O4. The van der Waals surface area contributed by atoms with E-state index in [-0.39, 0.29) is 30.3 Å². The van der Waals surface area contributed by atoms with Crippen LogP contribution < -0.4 is 20.1 Å². The van der Waals surface area contributed by atoms with Gasteiger partial charge in [0.05, 0.1) is 12.7 Å². The van der Waals surface area contributed by atoms with Crippen molar-refractivity contribution in [3.63, 3.8) is 0 Å². The van der Waals surface area contributed by atoms with Crippen molar-refractivity contribution in [1.29, 1.82) is 0 Å². The third-order valence-corrected chi connectivity index (χ3v) is 4.46. The summed E-state index contributed by atoms with van der Waals surface area (Å²) in [7, 11) is 0. The summed E-state index contributed by atoms with van der Waals surface area (Å²) in [6.07, 6.45) is -0.114. The second-order valence-corrected chi connectivity index (χ2v) is 6.68. The van der Waals surface area contributed by atoms with Crippen LogP contribution in [0.3, 0.4) is 0 Å². The molecule has 6 nitrogen and oxygen atoms in total. The van der Waals surface area contributed by atoms with Crippen LogP contribution in [-0.4, -0.2) is 44.5 Å². The molecule has 126 valence electrons. The van der Waals surface area contributed by atoms with E-state index >= 15 is 0 Å². The van der Waals surface area contributed by atoms with Crippen molar-refractivity contribution in [3.05, 3.63) is 23.8 Å². The Morgan fingerprint density at radius 1 is 1.35 bits per heavy atom. The highest BCUT2D eigenvalue weighted by molar-refractivity contribution is 5.82. The summed E-state index contributed by atoms with van der Waals surface area (Å²) < 4.78 is 16.3. The Balaban J connectivity index is 1.63. The van der Waals surface area contributed by atoms with E-state index in [1.807, 2.05) is 25.1 Å². The molecule has 0 bridgehead atoms. The fraction of sp³-hybridized carbons (Fsp3) is 0.588. The fourth-order valence-electron chi connectivity index (χ4n) is 2.86. The van der Waals surface area contributed by atoms with E-state index in [1.54, 1.807) is 0 Å². The quantitative estimate of drug-likeness (QED) is 0.872. The summed E-state index contributed by atoms with van der Waals surface area (Å²) >= 11 is 0. The smallest absolute Gasteiger partial charge is 0.239 e. The topological polar surface area (TPSA) is 68.8 Å². The molecule has 0 saturated carbocycles. The minimum absolute atomic E-state index is 0.0222. The zero-order valence-corrected chi connectivity index (χ0v) is 13.8. The van der Waals surface area contributed by atoms with Crippen LogP contribution in [0.5, 0.6) is 11.5 Å². The molecule has 6 heteroatoms. The molecule has 2 aliphatic heterocycles. The summed E-state index contributed by atoms with van der Waals surface area (Å²) in [6, 6.07) is 5.62. The number of carbonyl (C=O) groups excluding carboxylic acids is 1. The van der Waals surface area contributed by atoms with E-state index < -0.39 is 0 Å². The summed E-state index contributed by atoms with van der Waals surface area (Å²) in [4.78, 5) is 12.4. The van der Waals surface area contributed by atoms with Crippen molar-refractivity contribution in [2.24, 2.45) is 0 Å². The van der Waals surface area contributed by atoms with Gasteiger partial charge in [0.25, 0.3) is 0 Å². The minimum atomic E-state index is -0.295. The molecule has 1 aromatic carbocycles. The van der Waals surface area contributed by atoms with Crippen LogP contribution in [0.1, 0.15) is 26.3 Å². The van der Waals surface area contributed by atoms with Gasteiger partial charge in [0.1, 0.15) is 6.04 Å². The van der Waals surface area contributed by atoms with Crippen molar-refractivity contribution in [2.75, 3.05) is 26.5 Å². The molecule has 2 aliphatic rings. The van der Waals surface area contributed by atoms with Crippen molar-refractivity contribution in [2.45, 2.75) is 38.3 Å². The molecule has 0 aliphatic carbocycles. The number of hydrogen-bond donors (Lipinski definition) is 2. The van der Waals surface area contributed by atoms with Crippen molar-refractivity contribution in [1.82, 2.24) is 10.6 Å². The molecule has 1 saturated heterocycles. The number of nitrogens with one attached hydrogen (secondary N) is 2. The lowest BCUT2D eigenvalue weighted by Gasteiger charge is -2.31. The zero-order valence-electron chi connectivity index (χ0n) is 13.8. The third-order valence-electron chi connectivity index (χ3n) is 4.46. The van der Waals surface area contributed by atoms with Crippen LogP contribution in [0.4, 0.5) is 0 Å². The fourth-order valence-corrected chi connectivity index (χ4v) is 2.86. The van der Waals surface area contributed by atoms with Gasteiger partial charge in [-0.1, -0.05) is 19.9 Å². The second-order valence-electron chi connectivity index (χ2n) is 6.68. The molecule has 2 heterocycles. The van der Waals surface area contributed by atoms with Crippen molar-refractivity contribution in [3.8, 4) is 11.5 Å². The normalized spacial score (nSPS) is 23.6. The molecule has 2 atom stereocenters. The number of amides is 1. The van der Waals surface area contributed by atoms with Gasteiger partial charge in [-0.3, -0.25) is 4.79 Å². The molecule has 2 N–H and O–H groups in total. The maximum atomic E-state index is 12.4. The molecule has 23 heavy (non-hydrogen) atoms. The number of fused-ring (bicyclic) bond motifs is 1. The van der Waals surface area contributed by atoms with Crippen LogP contribution >= 0.6 is 0 Å². The van der Waals surface area contributed by atoms with E-state index in [1.165, 1.54) is 0 Å². The average molecular weight is 320 g/mol. The lowest BCUT2D eigenvalue weighted by molar-refractivity contribution is -0.129. The number of benzene rings is 1. The first-order valence-electron chi connectivity index (χ1n) is 8.00. The Kier molecular flexibility index (Phi) is 4.46. The number of rotatable bonds is 4. The van der Waals surface area contributed by atoms with Gasteiger partial charge in [0.2, 0.25) is 12.7 Å². The van der Waals surface area contributed by atoms with Crippen LogP contribution in [0.15, 0.2) is 18.2 Å². The number of hydrogen-bond acceptors (Lipinski definition) is 5. The van der Waals surface area contributed by atoms with Gasteiger partial charge in [-0.15, -0.1) is 0 Å². The number of carbonyl (C=O) groups is 1. The Hall–Kier alpha value is -1.79. The molecule has 0 aromatic heterocycles. The Bertz CT molecular complexity index is 588. The summed E-state index contributed by atoms with van der Waals surface area (Å²) in [5.74, 6) is 1.51. The second kappa shape index (κ2) is 6.37. The molecular weight excluding hydrogens is 296 g/mol. The van der Waals surface area contributed by atoms with E-state index in [9.17, 15) is 4.79 Å². The average Bonchev–Trinajstić information content (AvgIpc) is 3.00. The largest absolute Gasteiger partial charge is 0.454 e. The van der Waals surface area contributed by atoms with Crippen LogP contribution in [0.2, 0.25) is 0 Å². The molecule has 0 spiro atoms. The maximum Gasteiger partial charge on any atom is 0.239 e. The third kappa shape index (κ3) is 3.43.